The summed E-state index contributed by atoms with van der Waals surface area (Å²) in [6.45, 7) is 4.04. The van der Waals surface area contributed by atoms with Gasteiger partial charge in [-0.25, -0.2) is 4.98 Å². The lowest BCUT2D eigenvalue weighted by molar-refractivity contribution is 0.230. The summed E-state index contributed by atoms with van der Waals surface area (Å²) in [7, 11) is -3.43. The molecule has 0 saturated heterocycles. The van der Waals surface area contributed by atoms with Gasteiger partial charge in [0.2, 0.25) is 0 Å². The van der Waals surface area contributed by atoms with Crippen LogP contribution in [-0.4, -0.2) is 18.2 Å². The highest BCUT2D eigenvalue weighted by Gasteiger charge is 2.33. The first-order valence-corrected chi connectivity index (χ1v) is 9.06. The summed E-state index contributed by atoms with van der Waals surface area (Å²) >= 11 is 4.63. The fraction of sp³-hybridized carbons (Fsp3) is 0.364. The summed E-state index contributed by atoms with van der Waals surface area (Å²) in [6.07, 6.45) is 1.43. The highest BCUT2D eigenvalue weighted by molar-refractivity contribution is 9.11. The molecule has 0 saturated carbocycles. The maximum atomic E-state index is 12.8. The van der Waals surface area contributed by atoms with Crippen LogP contribution in [0.5, 0.6) is 0 Å². The third kappa shape index (κ3) is 2.99. The molecule has 0 spiro atoms. The van der Waals surface area contributed by atoms with E-state index in [1.54, 1.807) is 19.9 Å². The van der Waals surface area contributed by atoms with Crippen LogP contribution in [0.1, 0.15) is 13.8 Å². The number of hydrogen-bond acceptors (Lipinski definition) is 7. The van der Waals surface area contributed by atoms with E-state index < -0.39 is 7.60 Å². The highest BCUT2D eigenvalue weighted by atomic mass is 79.9. The van der Waals surface area contributed by atoms with Crippen LogP contribution in [0.25, 0.3) is 11.5 Å². The lowest BCUT2D eigenvalue weighted by Crippen LogP contribution is -2.11. The minimum Gasteiger partial charge on any atom is -0.462 e. The molecule has 2 aromatic rings. The number of anilines is 1. The van der Waals surface area contributed by atoms with Gasteiger partial charge in [0.1, 0.15) is 14.8 Å². The van der Waals surface area contributed by atoms with E-state index in [2.05, 4.69) is 20.9 Å². The summed E-state index contributed by atoms with van der Waals surface area (Å²) in [4.78, 5) is 4.17. The molecule has 6 nitrogen and oxygen atoms in total. The van der Waals surface area contributed by atoms with Crippen molar-refractivity contribution in [2.45, 2.75) is 13.8 Å². The largest absolute Gasteiger partial charge is 0.462 e. The average molecular weight is 381 g/mol. The van der Waals surface area contributed by atoms with Crippen molar-refractivity contribution in [3.05, 3.63) is 16.1 Å². The molecule has 0 amide bonds. The fourth-order valence-electron chi connectivity index (χ4n) is 1.67. The number of halogens is 1. The normalized spacial score (nSPS) is 11.9. The molecule has 0 aliphatic heterocycles. The Morgan fingerprint density at radius 3 is 2.60 bits per heavy atom. The molecule has 0 unspecified atom stereocenters. The second-order valence-corrected chi connectivity index (χ2v) is 7.98. The third-order valence-electron chi connectivity index (χ3n) is 2.36. The number of furan rings is 1. The van der Waals surface area contributed by atoms with Crippen LogP contribution in [0.4, 0.5) is 5.13 Å². The lowest BCUT2D eigenvalue weighted by Gasteiger charge is -2.16. The zero-order valence-electron chi connectivity index (χ0n) is 11.0. The molecule has 0 radical (unpaired) electrons. The summed E-state index contributed by atoms with van der Waals surface area (Å²) in [6, 6.07) is 1.57. The summed E-state index contributed by atoms with van der Waals surface area (Å²) in [5.41, 5.74) is 6.16. The first-order chi connectivity index (χ1) is 9.51. The zero-order chi connectivity index (χ0) is 14.8. The van der Waals surface area contributed by atoms with Crippen LogP contribution < -0.4 is 11.0 Å². The van der Waals surface area contributed by atoms with Gasteiger partial charge in [-0.05, 0) is 35.8 Å². The van der Waals surface area contributed by atoms with Crippen LogP contribution in [0.2, 0.25) is 0 Å². The number of nitrogen functional groups attached to an aromatic ring is 1. The van der Waals surface area contributed by atoms with E-state index >= 15 is 0 Å². The predicted octanol–water partition coefficient (Wildman–Crippen LogP) is 3.64. The molecule has 0 atom stereocenters. The van der Waals surface area contributed by atoms with Crippen molar-refractivity contribution in [3.8, 4) is 11.5 Å². The van der Waals surface area contributed by atoms with Gasteiger partial charge in [0, 0.05) is 0 Å². The van der Waals surface area contributed by atoms with Gasteiger partial charge in [-0.1, -0.05) is 11.3 Å². The summed E-state index contributed by atoms with van der Waals surface area (Å²) in [5, 5.41) is 0.740. The third-order valence-corrected chi connectivity index (χ3v) is 6.03. The minimum atomic E-state index is -3.43. The Morgan fingerprint density at radius 2 is 2.10 bits per heavy atom. The van der Waals surface area contributed by atoms with Crippen LogP contribution >= 0.6 is 34.9 Å². The molecule has 2 N–H and O–H groups in total. The van der Waals surface area contributed by atoms with Gasteiger partial charge in [0.15, 0.2) is 10.9 Å². The van der Waals surface area contributed by atoms with Crippen molar-refractivity contribution in [1.82, 2.24) is 4.98 Å². The molecule has 9 heteroatoms. The van der Waals surface area contributed by atoms with E-state index in [1.807, 2.05) is 0 Å². The molecule has 2 rings (SSSR count). The number of nitrogens with zero attached hydrogens (tertiary/aromatic N) is 1. The van der Waals surface area contributed by atoms with Gasteiger partial charge in [-0.15, -0.1) is 0 Å². The summed E-state index contributed by atoms with van der Waals surface area (Å²) in [5.74, 6) is 0.343. The fourth-order valence-corrected chi connectivity index (χ4v) is 4.67. The van der Waals surface area contributed by atoms with Crippen molar-refractivity contribution in [2.75, 3.05) is 18.9 Å². The Balaban J connectivity index is 2.51. The standard InChI is InChI=1S/C11H14BrN2O4PS/c1-3-17-19(15,18-4-2)7-5-6-16-9(7)8-10(12)20-11(13)14-8/h5-6H,3-4H2,1-2H3,(H2,13,14). The molecule has 0 bridgehead atoms. The molecule has 2 aromatic heterocycles. The quantitative estimate of drug-likeness (QED) is 0.769. The lowest BCUT2D eigenvalue weighted by atomic mass is 10.4. The second-order valence-electron chi connectivity index (χ2n) is 3.64. The molecule has 110 valence electrons. The van der Waals surface area contributed by atoms with Crippen molar-refractivity contribution < 1.29 is 18.0 Å². The van der Waals surface area contributed by atoms with Gasteiger partial charge in [-0.3, -0.25) is 4.57 Å². The van der Waals surface area contributed by atoms with Gasteiger partial charge in [-0.2, -0.15) is 0 Å². The van der Waals surface area contributed by atoms with Crippen molar-refractivity contribution in [3.63, 3.8) is 0 Å². The average Bonchev–Trinajstić information content (AvgIpc) is 2.96. The first-order valence-electron chi connectivity index (χ1n) is 5.91. The smallest absolute Gasteiger partial charge is 0.365 e. The molecule has 0 aromatic carbocycles. The number of hydrogen-bond donors (Lipinski definition) is 1. The number of nitrogens with two attached hydrogens (primary N) is 1. The van der Waals surface area contributed by atoms with E-state index in [4.69, 9.17) is 19.2 Å². The number of thiazole rings is 1. The van der Waals surface area contributed by atoms with Gasteiger partial charge >= 0.3 is 7.60 Å². The number of rotatable bonds is 6. The topological polar surface area (TPSA) is 87.6 Å². The van der Waals surface area contributed by atoms with Gasteiger partial charge < -0.3 is 19.2 Å². The van der Waals surface area contributed by atoms with Gasteiger partial charge in [0.25, 0.3) is 0 Å². The van der Waals surface area contributed by atoms with Gasteiger partial charge in [0.05, 0.1) is 19.5 Å². The van der Waals surface area contributed by atoms with E-state index in [0.29, 0.717) is 25.7 Å². The maximum Gasteiger partial charge on any atom is 0.365 e. The van der Waals surface area contributed by atoms with Crippen molar-refractivity contribution in [1.29, 1.82) is 0 Å². The zero-order valence-corrected chi connectivity index (χ0v) is 14.3. The number of aromatic nitrogens is 1. The van der Waals surface area contributed by atoms with Crippen LogP contribution in [0.15, 0.2) is 20.5 Å². The first kappa shape index (κ1) is 15.7. The molecule has 20 heavy (non-hydrogen) atoms. The van der Waals surface area contributed by atoms with Crippen LogP contribution in [0.3, 0.4) is 0 Å². The minimum absolute atomic E-state index is 0.266. The molecule has 0 aliphatic rings. The molecule has 0 fully saturated rings. The Hall–Kier alpha value is -0.660. The molecular weight excluding hydrogens is 367 g/mol. The summed E-state index contributed by atoms with van der Waals surface area (Å²) < 4.78 is 29.6. The SMILES string of the molecule is CCOP(=O)(OCC)c1ccoc1-c1nc(N)sc1Br. The Kier molecular flexibility index (Phi) is 5.04. The highest BCUT2D eigenvalue weighted by Crippen LogP contribution is 2.50. The Morgan fingerprint density at radius 1 is 1.45 bits per heavy atom. The van der Waals surface area contributed by atoms with Crippen molar-refractivity contribution in [2.24, 2.45) is 0 Å². The maximum absolute atomic E-state index is 12.8. The Bertz CT molecular complexity index is 632. The van der Waals surface area contributed by atoms with E-state index in [9.17, 15) is 4.57 Å². The second kappa shape index (κ2) is 6.41. The van der Waals surface area contributed by atoms with Crippen molar-refractivity contribution >= 4 is 45.3 Å². The van der Waals surface area contributed by atoms with Crippen LogP contribution in [-0.2, 0) is 13.6 Å². The van der Waals surface area contributed by atoms with E-state index in [-0.39, 0.29) is 13.2 Å². The monoisotopic (exact) mass is 380 g/mol. The van der Waals surface area contributed by atoms with E-state index in [0.717, 1.165) is 0 Å². The predicted molar refractivity (Wildman–Crippen MR) is 82.4 cm³/mol. The molecular formula is C11H14BrN2O4PS. The van der Waals surface area contributed by atoms with Crippen LogP contribution in [0, 0.1) is 0 Å². The molecule has 0 aliphatic carbocycles. The Labute approximate surface area is 129 Å². The van der Waals surface area contributed by atoms with E-state index in [1.165, 1.54) is 17.6 Å². The molecule has 2 heterocycles.